The number of likely N-dealkylation sites (tertiary alicyclic amines) is 1. The van der Waals surface area contributed by atoms with E-state index in [1.807, 2.05) is 6.92 Å². The number of carboxylic acid groups (broad SMARTS) is 1. The van der Waals surface area contributed by atoms with Gasteiger partial charge in [-0.25, -0.2) is 0 Å². The Morgan fingerprint density at radius 1 is 1.36 bits per heavy atom. The molecule has 1 rings (SSSR count). The Morgan fingerprint density at radius 2 is 1.93 bits per heavy atom. The summed E-state index contributed by atoms with van der Waals surface area (Å²) in [7, 11) is 0. The number of carboxylic acids is 1. The van der Waals surface area contributed by atoms with Gasteiger partial charge in [0, 0.05) is 13.0 Å². The van der Waals surface area contributed by atoms with Crippen molar-refractivity contribution in [3.8, 4) is 0 Å². The van der Waals surface area contributed by atoms with Crippen LogP contribution in [0.25, 0.3) is 0 Å². The molecule has 0 bridgehead atoms. The maximum atomic E-state index is 10.4. The highest BCUT2D eigenvalue weighted by atomic mass is 35.5. The fourth-order valence-electron chi connectivity index (χ4n) is 1.95. The van der Waals surface area contributed by atoms with Crippen molar-refractivity contribution in [2.24, 2.45) is 5.92 Å². The normalized spacial score (nSPS) is 19.8. The predicted octanol–water partition coefficient (Wildman–Crippen LogP) is 2.00. The Hall–Kier alpha value is -0.280. The van der Waals surface area contributed by atoms with E-state index in [1.54, 1.807) is 0 Å². The molecular formula is C10H20ClNO2. The predicted molar refractivity (Wildman–Crippen MR) is 59.0 cm³/mol. The summed E-state index contributed by atoms with van der Waals surface area (Å²) in [5.74, 6) is -0.389. The largest absolute Gasteiger partial charge is 0.481 e. The summed E-state index contributed by atoms with van der Waals surface area (Å²) < 4.78 is 0. The molecular weight excluding hydrogens is 202 g/mol. The van der Waals surface area contributed by atoms with E-state index >= 15 is 0 Å². The number of rotatable bonds is 4. The average molecular weight is 222 g/mol. The first kappa shape index (κ1) is 13.7. The van der Waals surface area contributed by atoms with Crippen LogP contribution in [0.4, 0.5) is 0 Å². The molecule has 0 spiro atoms. The highest BCUT2D eigenvalue weighted by molar-refractivity contribution is 5.85. The SMILES string of the molecule is CC(CC(=O)O)CN1CCCCC1.Cl. The summed E-state index contributed by atoms with van der Waals surface area (Å²) in [6, 6.07) is 0. The smallest absolute Gasteiger partial charge is 0.303 e. The third-order valence-electron chi connectivity index (χ3n) is 2.54. The summed E-state index contributed by atoms with van der Waals surface area (Å²) in [5.41, 5.74) is 0. The number of hydrogen-bond donors (Lipinski definition) is 1. The highest BCUT2D eigenvalue weighted by Gasteiger charge is 2.14. The van der Waals surface area contributed by atoms with Crippen molar-refractivity contribution in [2.45, 2.75) is 32.6 Å². The number of carbonyl (C=O) groups is 1. The van der Waals surface area contributed by atoms with Gasteiger partial charge >= 0.3 is 5.97 Å². The van der Waals surface area contributed by atoms with Gasteiger partial charge in [0.05, 0.1) is 0 Å². The van der Waals surface area contributed by atoms with Crippen LogP contribution < -0.4 is 0 Å². The van der Waals surface area contributed by atoms with Crippen LogP contribution in [0.1, 0.15) is 32.6 Å². The van der Waals surface area contributed by atoms with Gasteiger partial charge in [0.15, 0.2) is 0 Å². The number of piperidine rings is 1. The van der Waals surface area contributed by atoms with Crippen molar-refractivity contribution < 1.29 is 9.90 Å². The molecule has 0 saturated carbocycles. The van der Waals surface area contributed by atoms with Gasteiger partial charge in [0.2, 0.25) is 0 Å². The number of hydrogen-bond acceptors (Lipinski definition) is 2. The molecule has 0 aliphatic carbocycles. The molecule has 0 amide bonds. The highest BCUT2D eigenvalue weighted by Crippen LogP contribution is 2.12. The molecule has 1 aliphatic rings. The van der Waals surface area contributed by atoms with E-state index in [-0.39, 0.29) is 18.3 Å². The average Bonchev–Trinajstić information content (AvgIpc) is 2.04. The van der Waals surface area contributed by atoms with Crippen LogP contribution in [0.15, 0.2) is 0 Å². The molecule has 0 radical (unpaired) electrons. The Balaban J connectivity index is 0.00000169. The molecule has 84 valence electrons. The van der Waals surface area contributed by atoms with Crippen molar-refractivity contribution in [3.63, 3.8) is 0 Å². The molecule has 0 aromatic rings. The first-order chi connectivity index (χ1) is 6.18. The number of halogens is 1. The Labute approximate surface area is 91.9 Å². The molecule has 0 aromatic heterocycles. The summed E-state index contributed by atoms with van der Waals surface area (Å²) in [5, 5.41) is 8.59. The van der Waals surface area contributed by atoms with Crippen molar-refractivity contribution in [1.29, 1.82) is 0 Å². The molecule has 4 heteroatoms. The van der Waals surface area contributed by atoms with E-state index in [0.29, 0.717) is 6.42 Å². The maximum Gasteiger partial charge on any atom is 0.303 e. The van der Waals surface area contributed by atoms with E-state index in [2.05, 4.69) is 4.90 Å². The monoisotopic (exact) mass is 221 g/mol. The fraction of sp³-hybridized carbons (Fsp3) is 0.900. The Morgan fingerprint density at radius 3 is 2.43 bits per heavy atom. The van der Waals surface area contributed by atoms with E-state index in [4.69, 9.17) is 5.11 Å². The van der Waals surface area contributed by atoms with Gasteiger partial charge < -0.3 is 10.0 Å². The van der Waals surface area contributed by atoms with Crippen LogP contribution in [-0.2, 0) is 4.79 Å². The van der Waals surface area contributed by atoms with Gasteiger partial charge in [-0.1, -0.05) is 13.3 Å². The Bertz CT molecular complexity index is 170. The molecule has 1 fully saturated rings. The van der Waals surface area contributed by atoms with Crippen LogP contribution in [-0.4, -0.2) is 35.6 Å². The second-order valence-corrected chi connectivity index (χ2v) is 4.06. The van der Waals surface area contributed by atoms with Crippen LogP contribution >= 0.6 is 12.4 Å². The third kappa shape index (κ3) is 5.45. The fourth-order valence-corrected chi connectivity index (χ4v) is 1.95. The minimum absolute atomic E-state index is 0. The topological polar surface area (TPSA) is 40.5 Å². The van der Waals surface area contributed by atoms with Crippen LogP contribution in [0, 0.1) is 5.92 Å². The molecule has 1 heterocycles. The third-order valence-corrected chi connectivity index (χ3v) is 2.54. The lowest BCUT2D eigenvalue weighted by atomic mass is 10.1. The zero-order valence-corrected chi connectivity index (χ0v) is 9.55. The first-order valence-corrected chi connectivity index (χ1v) is 5.12. The quantitative estimate of drug-likeness (QED) is 0.790. The minimum atomic E-state index is -0.676. The van der Waals surface area contributed by atoms with E-state index in [1.165, 1.54) is 19.3 Å². The molecule has 1 saturated heterocycles. The summed E-state index contributed by atoms with van der Waals surface area (Å²) >= 11 is 0. The lowest BCUT2D eigenvalue weighted by molar-refractivity contribution is -0.138. The molecule has 1 N–H and O–H groups in total. The van der Waals surface area contributed by atoms with Gasteiger partial charge in [0.1, 0.15) is 0 Å². The molecule has 1 atom stereocenters. The van der Waals surface area contributed by atoms with Gasteiger partial charge in [-0.15, -0.1) is 12.4 Å². The lowest BCUT2D eigenvalue weighted by Crippen LogP contribution is -2.34. The van der Waals surface area contributed by atoms with Crippen LogP contribution in [0.3, 0.4) is 0 Å². The number of aliphatic carboxylic acids is 1. The van der Waals surface area contributed by atoms with Crippen LogP contribution in [0.2, 0.25) is 0 Å². The zero-order valence-electron chi connectivity index (χ0n) is 8.74. The molecule has 3 nitrogen and oxygen atoms in total. The van der Waals surface area contributed by atoms with E-state index < -0.39 is 5.97 Å². The minimum Gasteiger partial charge on any atom is -0.481 e. The van der Waals surface area contributed by atoms with E-state index in [9.17, 15) is 4.79 Å². The second kappa shape index (κ2) is 7.07. The van der Waals surface area contributed by atoms with E-state index in [0.717, 1.165) is 19.6 Å². The molecule has 1 aliphatic heterocycles. The van der Waals surface area contributed by atoms with Crippen molar-refractivity contribution >= 4 is 18.4 Å². The second-order valence-electron chi connectivity index (χ2n) is 4.06. The first-order valence-electron chi connectivity index (χ1n) is 5.12. The lowest BCUT2D eigenvalue weighted by Gasteiger charge is -2.28. The van der Waals surface area contributed by atoms with Crippen molar-refractivity contribution in [2.75, 3.05) is 19.6 Å². The number of nitrogens with zero attached hydrogens (tertiary/aromatic N) is 1. The standard InChI is InChI=1S/C10H19NO2.ClH/c1-9(7-10(12)13)8-11-5-3-2-4-6-11;/h9H,2-8H2,1H3,(H,12,13);1H. The Kier molecular flexibility index (Phi) is 6.93. The van der Waals surface area contributed by atoms with Gasteiger partial charge in [0.25, 0.3) is 0 Å². The molecule has 0 aromatic carbocycles. The van der Waals surface area contributed by atoms with Crippen molar-refractivity contribution in [3.05, 3.63) is 0 Å². The van der Waals surface area contributed by atoms with Gasteiger partial charge in [-0.05, 0) is 31.8 Å². The molecule has 14 heavy (non-hydrogen) atoms. The maximum absolute atomic E-state index is 10.4. The van der Waals surface area contributed by atoms with Crippen LogP contribution in [0.5, 0.6) is 0 Å². The van der Waals surface area contributed by atoms with Gasteiger partial charge in [-0.3, -0.25) is 4.79 Å². The van der Waals surface area contributed by atoms with Crippen molar-refractivity contribution in [1.82, 2.24) is 4.90 Å². The van der Waals surface area contributed by atoms with Gasteiger partial charge in [-0.2, -0.15) is 0 Å². The summed E-state index contributed by atoms with van der Waals surface area (Å²) in [6.45, 7) is 5.28. The summed E-state index contributed by atoms with van der Waals surface area (Å²) in [6.07, 6.45) is 4.19. The summed E-state index contributed by atoms with van der Waals surface area (Å²) in [4.78, 5) is 12.8. The molecule has 1 unspecified atom stereocenters. The zero-order chi connectivity index (χ0) is 9.68.